The number of nitrogen functional groups attached to an aromatic ring is 1. The molecule has 4 heterocycles. The lowest BCUT2D eigenvalue weighted by atomic mass is 10.1. The Morgan fingerprint density at radius 3 is 2.72 bits per heavy atom. The van der Waals surface area contributed by atoms with Crippen molar-refractivity contribution in [3.8, 4) is 11.1 Å². The molecule has 1 fully saturated rings. The van der Waals surface area contributed by atoms with Gasteiger partial charge in [-0.3, -0.25) is 19.4 Å². The van der Waals surface area contributed by atoms with Gasteiger partial charge in [-0.15, -0.1) is 0 Å². The van der Waals surface area contributed by atoms with E-state index in [4.69, 9.17) is 10.5 Å². The van der Waals surface area contributed by atoms with Crippen LogP contribution in [0.25, 0.3) is 11.1 Å². The third-order valence-corrected chi connectivity index (χ3v) is 4.82. The minimum atomic E-state index is -0.317. The van der Waals surface area contributed by atoms with Gasteiger partial charge >= 0.3 is 0 Å². The lowest BCUT2D eigenvalue weighted by Crippen LogP contribution is -2.38. The van der Waals surface area contributed by atoms with E-state index in [1.165, 1.54) is 0 Å². The predicted molar refractivity (Wildman–Crippen MR) is 109 cm³/mol. The van der Waals surface area contributed by atoms with Crippen LogP contribution in [-0.4, -0.2) is 63.4 Å². The Balaban J connectivity index is 1.45. The lowest BCUT2D eigenvalue weighted by Gasteiger charge is -2.26. The van der Waals surface area contributed by atoms with Gasteiger partial charge in [-0.25, -0.2) is 4.98 Å². The van der Waals surface area contributed by atoms with Gasteiger partial charge in [-0.1, -0.05) is 0 Å². The number of carbonyl (C=O) groups excluding carboxylic acids is 1. The molecule has 150 valence electrons. The van der Waals surface area contributed by atoms with Crippen LogP contribution in [0.3, 0.4) is 0 Å². The van der Waals surface area contributed by atoms with Crippen molar-refractivity contribution >= 4 is 17.4 Å². The maximum atomic E-state index is 12.6. The maximum Gasteiger partial charge on any atom is 0.259 e. The first-order valence-corrected chi connectivity index (χ1v) is 9.49. The lowest BCUT2D eigenvalue weighted by molar-refractivity contribution is 0.0360. The summed E-state index contributed by atoms with van der Waals surface area (Å²) in [6, 6.07) is 5.16. The van der Waals surface area contributed by atoms with Gasteiger partial charge in [-0.05, 0) is 18.2 Å². The van der Waals surface area contributed by atoms with Gasteiger partial charge in [0.15, 0.2) is 0 Å². The van der Waals surface area contributed by atoms with E-state index in [0.29, 0.717) is 11.3 Å². The molecule has 3 aromatic heterocycles. The zero-order valence-corrected chi connectivity index (χ0v) is 16.0. The summed E-state index contributed by atoms with van der Waals surface area (Å²) >= 11 is 0. The first kappa shape index (κ1) is 19.0. The van der Waals surface area contributed by atoms with Crippen LogP contribution in [0.5, 0.6) is 0 Å². The SMILES string of the molecule is Nc1ncc(-c2cnn(CCN3CCOCC3)c2)cc1C(=O)Nc1ccncc1. The van der Waals surface area contributed by atoms with Crippen molar-refractivity contribution in [2.75, 3.05) is 43.9 Å². The summed E-state index contributed by atoms with van der Waals surface area (Å²) in [5.74, 6) is -0.136. The van der Waals surface area contributed by atoms with E-state index >= 15 is 0 Å². The Hall–Kier alpha value is -3.30. The molecule has 9 nitrogen and oxygen atoms in total. The van der Waals surface area contributed by atoms with Crippen LogP contribution < -0.4 is 11.1 Å². The Morgan fingerprint density at radius 1 is 1.14 bits per heavy atom. The molecule has 0 unspecified atom stereocenters. The molecular weight excluding hydrogens is 370 g/mol. The Bertz CT molecular complexity index is 968. The predicted octanol–water partition coefficient (Wildman–Crippen LogP) is 1.51. The molecule has 0 radical (unpaired) electrons. The molecule has 0 atom stereocenters. The van der Waals surface area contributed by atoms with Gasteiger partial charge in [0, 0.05) is 61.2 Å². The number of nitrogens with two attached hydrogens (primary N) is 1. The van der Waals surface area contributed by atoms with Crippen LogP contribution in [0, 0.1) is 0 Å². The first-order chi connectivity index (χ1) is 14.2. The fraction of sp³-hybridized carbons (Fsp3) is 0.300. The number of hydrogen-bond donors (Lipinski definition) is 2. The molecule has 1 aliphatic rings. The summed E-state index contributed by atoms with van der Waals surface area (Å²) < 4.78 is 7.27. The van der Waals surface area contributed by atoms with Gasteiger partial charge in [-0.2, -0.15) is 5.10 Å². The standard InChI is InChI=1S/C20H23N7O2/c21-19-18(20(28)25-17-1-3-22-4-2-17)11-15(12-23-19)16-13-24-27(14-16)6-5-26-7-9-29-10-8-26/h1-4,11-14H,5-10H2,(H2,21,23)(H,22,25,28). The highest BCUT2D eigenvalue weighted by atomic mass is 16.5. The number of nitrogens with zero attached hydrogens (tertiary/aromatic N) is 5. The smallest absolute Gasteiger partial charge is 0.259 e. The van der Waals surface area contributed by atoms with E-state index < -0.39 is 0 Å². The summed E-state index contributed by atoms with van der Waals surface area (Å²) in [6.07, 6.45) is 8.61. The molecular formula is C20H23N7O2. The van der Waals surface area contributed by atoms with E-state index in [1.54, 1.807) is 43.0 Å². The molecule has 0 bridgehead atoms. The number of anilines is 2. The van der Waals surface area contributed by atoms with E-state index in [1.807, 2.05) is 10.9 Å². The number of ether oxygens (including phenoxy) is 1. The van der Waals surface area contributed by atoms with E-state index in [-0.39, 0.29) is 11.7 Å². The van der Waals surface area contributed by atoms with Gasteiger partial charge in [0.05, 0.1) is 31.5 Å². The second kappa shape index (κ2) is 8.80. The van der Waals surface area contributed by atoms with Crippen molar-refractivity contribution in [2.24, 2.45) is 0 Å². The Kier molecular flexibility index (Phi) is 5.78. The zero-order chi connectivity index (χ0) is 20.1. The van der Waals surface area contributed by atoms with Crippen molar-refractivity contribution < 1.29 is 9.53 Å². The average Bonchev–Trinajstić information content (AvgIpc) is 3.23. The van der Waals surface area contributed by atoms with Crippen LogP contribution >= 0.6 is 0 Å². The highest BCUT2D eigenvalue weighted by molar-refractivity contribution is 6.07. The monoisotopic (exact) mass is 393 g/mol. The fourth-order valence-electron chi connectivity index (χ4n) is 3.15. The number of amides is 1. The molecule has 1 aliphatic heterocycles. The largest absolute Gasteiger partial charge is 0.383 e. The normalized spacial score (nSPS) is 14.6. The molecule has 0 spiro atoms. The van der Waals surface area contributed by atoms with Gasteiger partial charge in [0.25, 0.3) is 5.91 Å². The van der Waals surface area contributed by atoms with Crippen LogP contribution in [-0.2, 0) is 11.3 Å². The minimum Gasteiger partial charge on any atom is -0.383 e. The Morgan fingerprint density at radius 2 is 1.93 bits per heavy atom. The third-order valence-electron chi connectivity index (χ3n) is 4.82. The first-order valence-electron chi connectivity index (χ1n) is 9.49. The minimum absolute atomic E-state index is 0.181. The summed E-state index contributed by atoms with van der Waals surface area (Å²) in [5, 5.41) is 7.24. The fourth-order valence-corrected chi connectivity index (χ4v) is 3.15. The zero-order valence-electron chi connectivity index (χ0n) is 16.0. The molecule has 0 saturated carbocycles. The van der Waals surface area contributed by atoms with Crippen molar-refractivity contribution in [1.82, 2.24) is 24.6 Å². The van der Waals surface area contributed by atoms with Crippen molar-refractivity contribution in [2.45, 2.75) is 6.54 Å². The third kappa shape index (κ3) is 4.76. The van der Waals surface area contributed by atoms with Crippen molar-refractivity contribution in [3.05, 3.63) is 54.7 Å². The summed E-state index contributed by atoms with van der Waals surface area (Å²) in [6.45, 7) is 5.18. The molecule has 1 amide bonds. The van der Waals surface area contributed by atoms with Gasteiger partial charge in [0.2, 0.25) is 0 Å². The van der Waals surface area contributed by atoms with Crippen LogP contribution in [0.2, 0.25) is 0 Å². The molecule has 4 rings (SSSR count). The number of aromatic nitrogens is 4. The topological polar surface area (TPSA) is 111 Å². The molecule has 3 N–H and O–H groups in total. The number of carbonyl (C=O) groups is 1. The Labute approximate surface area is 168 Å². The van der Waals surface area contributed by atoms with Crippen LogP contribution in [0.4, 0.5) is 11.5 Å². The highest BCUT2D eigenvalue weighted by Crippen LogP contribution is 2.22. The summed E-state index contributed by atoms with van der Waals surface area (Å²) in [4.78, 5) is 23.1. The maximum absolute atomic E-state index is 12.6. The molecule has 3 aromatic rings. The van der Waals surface area contributed by atoms with Crippen molar-refractivity contribution in [3.63, 3.8) is 0 Å². The second-order valence-corrected chi connectivity index (χ2v) is 6.79. The van der Waals surface area contributed by atoms with Crippen LogP contribution in [0.1, 0.15) is 10.4 Å². The molecule has 1 saturated heterocycles. The summed E-state index contributed by atoms with van der Waals surface area (Å²) in [5.41, 5.74) is 8.58. The number of nitrogens with one attached hydrogen (secondary N) is 1. The van der Waals surface area contributed by atoms with Gasteiger partial charge < -0.3 is 15.8 Å². The number of morpholine rings is 1. The van der Waals surface area contributed by atoms with E-state index in [2.05, 4.69) is 25.3 Å². The number of hydrogen-bond acceptors (Lipinski definition) is 7. The molecule has 0 aromatic carbocycles. The van der Waals surface area contributed by atoms with Gasteiger partial charge in [0.1, 0.15) is 5.82 Å². The highest BCUT2D eigenvalue weighted by Gasteiger charge is 2.14. The average molecular weight is 393 g/mol. The molecule has 29 heavy (non-hydrogen) atoms. The quantitative estimate of drug-likeness (QED) is 0.653. The van der Waals surface area contributed by atoms with E-state index in [9.17, 15) is 4.79 Å². The summed E-state index contributed by atoms with van der Waals surface area (Å²) in [7, 11) is 0. The number of pyridine rings is 2. The second-order valence-electron chi connectivity index (χ2n) is 6.79. The number of rotatable bonds is 6. The van der Waals surface area contributed by atoms with Crippen molar-refractivity contribution in [1.29, 1.82) is 0 Å². The van der Waals surface area contributed by atoms with Crippen LogP contribution in [0.15, 0.2) is 49.2 Å². The molecule has 9 heteroatoms. The molecule has 0 aliphatic carbocycles. The van der Waals surface area contributed by atoms with E-state index in [0.717, 1.165) is 50.5 Å².